The van der Waals surface area contributed by atoms with Crippen molar-refractivity contribution in [2.75, 3.05) is 18.4 Å². The molecule has 0 unspecified atom stereocenters. The highest BCUT2D eigenvalue weighted by atomic mass is 79.9. The summed E-state index contributed by atoms with van der Waals surface area (Å²) in [6.45, 7) is 3.10. The molecule has 0 aliphatic carbocycles. The number of hydrogen-bond donors (Lipinski definition) is 4. The van der Waals surface area contributed by atoms with E-state index in [1.54, 1.807) is 6.92 Å². The predicted molar refractivity (Wildman–Crippen MR) is 98.5 cm³/mol. The molecule has 0 aliphatic heterocycles. The van der Waals surface area contributed by atoms with Crippen molar-refractivity contribution in [3.8, 4) is 0 Å². The van der Waals surface area contributed by atoms with Gasteiger partial charge in [0.25, 0.3) is 0 Å². The molecule has 0 fully saturated rings. The van der Waals surface area contributed by atoms with Crippen LogP contribution in [0.2, 0.25) is 0 Å². The van der Waals surface area contributed by atoms with E-state index in [2.05, 4.69) is 31.0 Å². The van der Waals surface area contributed by atoms with E-state index in [9.17, 15) is 8.42 Å². The van der Waals surface area contributed by atoms with Crippen LogP contribution >= 0.6 is 15.9 Å². The fraction of sp³-hybridized carbons (Fsp3) is 0.357. The van der Waals surface area contributed by atoms with E-state index in [0.29, 0.717) is 26.1 Å². The van der Waals surface area contributed by atoms with Gasteiger partial charge in [-0.05, 0) is 47.0 Å². The van der Waals surface area contributed by atoms with Crippen LogP contribution in [0.4, 0.5) is 5.69 Å². The fourth-order valence-electron chi connectivity index (χ4n) is 1.74. The highest BCUT2D eigenvalue weighted by Crippen LogP contribution is 2.23. The van der Waals surface area contributed by atoms with Crippen LogP contribution in [0.15, 0.2) is 39.1 Å². The number of benzene rings is 1. The maximum absolute atomic E-state index is 11.4. The summed E-state index contributed by atoms with van der Waals surface area (Å²) in [6.07, 6.45) is 2.15. The Bertz CT molecular complexity index is 670. The molecule has 1 aromatic carbocycles. The van der Waals surface area contributed by atoms with Crippen LogP contribution in [0.3, 0.4) is 0 Å². The van der Waals surface area contributed by atoms with Crippen LogP contribution in [0.5, 0.6) is 0 Å². The molecule has 23 heavy (non-hydrogen) atoms. The van der Waals surface area contributed by atoms with Crippen molar-refractivity contribution in [3.63, 3.8) is 0 Å². The lowest BCUT2D eigenvalue weighted by atomic mass is 10.2. The summed E-state index contributed by atoms with van der Waals surface area (Å²) in [4.78, 5) is 3.95. The first kappa shape index (κ1) is 19.5. The van der Waals surface area contributed by atoms with Crippen molar-refractivity contribution in [1.29, 1.82) is 0 Å². The molecule has 128 valence electrons. The summed E-state index contributed by atoms with van der Waals surface area (Å²) in [5, 5.41) is 4.38. The zero-order valence-electron chi connectivity index (χ0n) is 12.9. The van der Waals surface area contributed by atoms with Gasteiger partial charge in [-0.1, -0.05) is 12.1 Å². The largest absolute Gasteiger partial charge is 0.384 e. The van der Waals surface area contributed by atoms with Crippen LogP contribution in [0.1, 0.15) is 18.9 Å². The van der Waals surface area contributed by atoms with Crippen LogP contribution in [-0.2, 0) is 16.6 Å². The SMILES string of the molecule is C/C=C/S(=O)(=O)NCCCNc1ccc(CN=C(N)N)cc1Br. The molecule has 0 heterocycles. The van der Waals surface area contributed by atoms with Crippen molar-refractivity contribution in [3.05, 3.63) is 39.7 Å². The van der Waals surface area contributed by atoms with Crippen molar-refractivity contribution in [1.82, 2.24) is 4.72 Å². The molecule has 0 bridgehead atoms. The van der Waals surface area contributed by atoms with Gasteiger partial charge in [0.2, 0.25) is 10.0 Å². The highest BCUT2D eigenvalue weighted by Gasteiger charge is 2.04. The summed E-state index contributed by atoms with van der Waals surface area (Å²) < 4.78 is 26.2. The van der Waals surface area contributed by atoms with E-state index < -0.39 is 10.0 Å². The average molecular weight is 404 g/mol. The van der Waals surface area contributed by atoms with Gasteiger partial charge in [0.05, 0.1) is 6.54 Å². The molecule has 0 atom stereocenters. The molecule has 1 rings (SSSR count). The quantitative estimate of drug-likeness (QED) is 0.282. The Morgan fingerprint density at radius 1 is 1.35 bits per heavy atom. The molecule has 0 spiro atoms. The molecular weight excluding hydrogens is 382 g/mol. The minimum Gasteiger partial charge on any atom is -0.384 e. The fourth-order valence-corrected chi connectivity index (χ4v) is 3.19. The third-order valence-corrected chi connectivity index (χ3v) is 4.66. The van der Waals surface area contributed by atoms with E-state index in [0.717, 1.165) is 21.1 Å². The highest BCUT2D eigenvalue weighted by molar-refractivity contribution is 9.10. The summed E-state index contributed by atoms with van der Waals surface area (Å²) in [5.74, 6) is 0.0590. The lowest BCUT2D eigenvalue weighted by Crippen LogP contribution is -2.24. The number of nitrogens with zero attached hydrogens (tertiary/aromatic N) is 1. The van der Waals surface area contributed by atoms with Gasteiger partial charge >= 0.3 is 0 Å². The standard InChI is InChI=1S/C14H22BrN5O2S/c1-2-8-23(21,22)20-7-3-6-18-13-5-4-11(9-12(13)15)10-19-14(16)17/h2,4-5,8-9,18,20H,3,6-7,10H2,1H3,(H4,16,17,19)/b8-2+. The molecule has 1 aromatic rings. The normalized spacial score (nSPS) is 11.6. The summed E-state index contributed by atoms with van der Waals surface area (Å²) in [5.41, 5.74) is 12.5. The Morgan fingerprint density at radius 2 is 2.09 bits per heavy atom. The number of anilines is 1. The first-order chi connectivity index (χ1) is 10.8. The van der Waals surface area contributed by atoms with Gasteiger partial charge in [0, 0.05) is 28.7 Å². The lowest BCUT2D eigenvalue weighted by Gasteiger charge is -2.10. The van der Waals surface area contributed by atoms with Gasteiger partial charge in [-0.2, -0.15) is 0 Å². The van der Waals surface area contributed by atoms with Crippen LogP contribution in [-0.4, -0.2) is 27.5 Å². The second kappa shape index (κ2) is 9.53. The Kier molecular flexibility index (Phi) is 8.07. The molecule has 0 saturated heterocycles. The Morgan fingerprint density at radius 3 is 2.70 bits per heavy atom. The maximum atomic E-state index is 11.4. The average Bonchev–Trinajstić information content (AvgIpc) is 2.46. The van der Waals surface area contributed by atoms with Crippen molar-refractivity contribution in [2.45, 2.75) is 19.9 Å². The number of halogens is 1. The van der Waals surface area contributed by atoms with Gasteiger partial charge in [-0.3, -0.25) is 0 Å². The second-order valence-corrected chi connectivity index (χ2v) is 7.25. The summed E-state index contributed by atoms with van der Waals surface area (Å²) >= 11 is 3.48. The molecule has 0 radical (unpaired) electrons. The van der Waals surface area contributed by atoms with Gasteiger partial charge in [0.15, 0.2) is 5.96 Å². The third-order valence-electron chi connectivity index (χ3n) is 2.77. The predicted octanol–water partition coefficient (Wildman–Crippen LogP) is 1.48. The van der Waals surface area contributed by atoms with E-state index >= 15 is 0 Å². The van der Waals surface area contributed by atoms with Gasteiger partial charge < -0.3 is 16.8 Å². The van der Waals surface area contributed by atoms with Gasteiger partial charge in [-0.15, -0.1) is 0 Å². The number of hydrogen-bond acceptors (Lipinski definition) is 4. The maximum Gasteiger partial charge on any atom is 0.233 e. The van der Waals surface area contributed by atoms with Crippen molar-refractivity contribution in [2.24, 2.45) is 16.5 Å². The van der Waals surface area contributed by atoms with Gasteiger partial charge in [-0.25, -0.2) is 18.1 Å². The zero-order chi connectivity index (χ0) is 17.3. The molecule has 0 amide bonds. The molecule has 0 aliphatic rings. The number of sulfonamides is 1. The lowest BCUT2D eigenvalue weighted by molar-refractivity contribution is 0.589. The molecular formula is C14H22BrN5O2S. The zero-order valence-corrected chi connectivity index (χ0v) is 15.3. The Labute approximate surface area is 145 Å². The Balaban J connectivity index is 2.42. The molecule has 0 saturated carbocycles. The van der Waals surface area contributed by atoms with E-state index in [1.165, 1.54) is 6.08 Å². The van der Waals surface area contributed by atoms with E-state index in [1.807, 2.05) is 18.2 Å². The topological polar surface area (TPSA) is 123 Å². The Hall–Kier alpha value is -1.58. The number of rotatable bonds is 9. The monoisotopic (exact) mass is 403 g/mol. The van der Waals surface area contributed by atoms with E-state index in [4.69, 9.17) is 11.5 Å². The summed E-state index contributed by atoms with van der Waals surface area (Å²) in [7, 11) is -3.30. The summed E-state index contributed by atoms with van der Waals surface area (Å²) in [6, 6.07) is 5.78. The third kappa shape index (κ3) is 8.00. The molecule has 0 aromatic heterocycles. The number of nitrogens with one attached hydrogen (secondary N) is 2. The second-order valence-electron chi connectivity index (χ2n) is 4.74. The smallest absolute Gasteiger partial charge is 0.233 e. The van der Waals surface area contributed by atoms with Crippen LogP contribution in [0, 0.1) is 0 Å². The molecule has 6 N–H and O–H groups in total. The van der Waals surface area contributed by atoms with Crippen LogP contribution < -0.4 is 21.5 Å². The van der Waals surface area contributed by atoms with Crippen molar-refractivity contribution >= 4 is 37.6 Å². The van der Waals surface area contributed by atoms with Gasteiger partial charge in [0.1, 0.15) is 0 Å². The van der Waals surface area contributed by atoms with E-state index in [-0.39, 0.29) is 5.96 Å². The minimum atomic E-state index is -3.30. The molecule has 7 nitrogen and oxygen atoms in total. The number of aliphatic imine (C=N–C) groups is 1. The number of allylic oxidation sites excluding steroid dienone is 1. The van der Waals surface area contributed by atoms with Crippen LogP contribution in [0.25, 0.3) is 0 Å². The number of guanidine groups is 1. The molecule has 9 heteroatoms. The first-order valence-electron chi connectivity index (χ1n) is 7.04. The first-order valence-corrected chi connectivity index (χ1v) is 9.38. The minimum absolute atomic E-state index is 0.0590. The number of nitrogens with two attached hydrogens (primary N) is 2. The van der Waals surface area contributed by atoms with Crippen molar-refractivity contribution < 1.29 is 8.42 Å².